The Labute approximate surface area is 159 Å². The number of anilines is 1. The number of likely N-dealkylation sites (N-methyl/N-ethyl adjacent to an activating group) is 1. The second-order valence-corrected chi connectivity index (χ2v) is 7.05. The van der Waals surface area contributed by atoms with Crippen molar-refractivity contribution in [1.82, 2.24) is 14.9 Å². The Kier molecular flexibility index (Phi) is 4.67. The molecule has 0 saturated carbocycles. The summed E-state index contributed by atoms with van der Waals surface area (Å²) in [5.74, 6) is -0.0209. The van der Waals surface area contributed by atoms with E-state index in [-0.39, 0.29) is 11.9 Å². The van der Waals surface area contributed by atoms with Gasteiger partial charge in [0, 0.05) is 43.3 Å². The first-order valence-corrected chi connectivity index (χ1v) is 9.34. The first-order chi connectivity index (χ1) is 13.2. The van der Waals surface area contributed by atoms with Gasteiger partial charge in [-0.3, -0.25) is 4.79 Å². The lowest BCUT2D eigenvalue weighted by Crippen LogP contribution is -2.48. The normalized spacial score (nSPS) is 17.1. The summed E-state index contributed by atoms with van der Waals surface area (Å²) >= 11 is 0. The van der Waals surface area contributed by atoms with E-state index in [0.717, 1.165) is 48.2 Å². The minimum Gasteiger partial charge on any atom is -0.368 e. The summed E-state index contributed by atoms with van der Waals surface area (Å²) in [6, 6.07) is 12.7. The number of piperidine rings is 1. The van der Waals surface area contributed by atoms with Crippen molar-refractivity contribution in [3.05, 3.63) is 61.4 Å². The van der Waals surface area contributed by atoms with Gasteiger partial charge in [0.25, 0.3) is 0 Å². The molecule has 3 aromatic rings. The molecule has 5 heteroatoms. The summed E-state index contributed by atoms with van der Waals surface area (Å²) in [7, 11) is 1.86. The molecule has 4 rings (SSSR count). The number of amides is 1. The van der Waals surface area contributed by atoms with Crippen molar-refractivity contribution >= 4 is 22.6 Å². The summed E-state index contributed by atoms with van der Waals surface area (Å²) in [6.07, 6.45) is 7.40. The molecule has 1 N–H and O–H groups in total. The quantitative estimate of drug-likeness (QED) is 0.719. The standard InChI is InChI=1S/C22H24N4O/c1-3-21(27)25(2)17-10-7-11-26(15-17)18-12-19-20(14-24-22(19)23-13-18)16-8-5-4-6-9-16/h3-6,8-9,12-14,17H,1,7,10-11,15H2,2H3,(H,23,24). The molecule has 1 atom stereocenters. The van der Waals surface area contributed by atoms with Crippen molar-refractivity contribution in [3.63, 3.8) is 0 Å². The Hall–Kier alpha value is -3.08. The van der Waals surface area contributed by atoms with Crippen LogP contribution in [0.5, 0.6) is 0 Å². The van der Waals surface area contributed by atoms with Gasteiger partial charge >= 0.3 is 0 Å². The second-order valence-electron chi connectivity index (χ2n) is 7.05. The SMILES string of the molecule is C=CC(=O)N(C)C1CCCN(c2cnc3[nH]cc(-c4ccccc4)c3c2)C1. The smallest absolute Gasteiger partial charge is 0.246 e. The Morgan fingerprint density at radius 1 is 1.37 bits per heavy atom. The summed E-state index contributed by atoms with van der Waals surface area (Å²) in [5, 5.41) is 1.12. The minimum absolute atomic E-state index is 0.0209. The van der Waals surface area contributed by atoms with Gasteiger partial charge in [-0.25, -0.2) is 4.98 Å². The number of aromatic amines is 1. The largest absolute Gasteiger partial charge is 0.368 e. The van der Waals surface area contributed by atoms with Crippen molar-refractivity contribution in [2.24, 2.45) is 0 Å². The Balaban J connectivity index is 1.64. The third-order valence-corrected chi connectivity index (χ3v) is 5.43. The number of aromatic nitrogens is 2. The fraction of sp³-hybridized carbons (Fsp3) is 0.273. The lowest BCUT2D eigenvalue weighted by Gasteiger charge is -2.38. The predicted molar refractivity (Wildman–Crippen MR) is 110 cm³/mol. The number of nitrogens with one attached hydrogen (secondary N) is 1. The number of hydrogen-bond donors (Lipinski definition) is 1. The van der Waals surface area contributed by atoms with Crippen molar-refractivity contribution in [3.8, 4) is 11.1 Å². The van der Waals surface area contributed by atoms with Crippen LogP contribution in [0.1, 0.15) is 12.8 Å². The summed E-state index contributed by atoms with van der Waals surface area (Å²) < 4.78 is 0. The van der Waals surface area contributed by atoms with Gasteiger partial charge in [0.15, 0.2) is 0 Å². The third kappa shape index (κ3) is 3.33. The van der Waals surface area contributed by atoms with Gasteiger partial charge < -0.3 is 14.8 Å². The van der Waals surface area contributed by atoms with Gasteiger partial charge in [-0.2, -0.15) is 0 Å². The fourth-order valence-corrected chi connectivity index (χ4v) is 3.85. The number of benzene rings is 1. The molecule has 0 spiro atoms. The van der Waals surface area contributed by atoms with Crippen LogP contribution in [-0.2, 0) is 4.79 Å². The molecule has 3 heterocycles. The lowest BCUT2D eigenvalue weighted by atomic mass is 10.0. The highest BCUT2D eigenvalue weighted by molar-refractivity contribution is 5.95. The van der Waals surface area contributed by atoms with E-state index >= 15 is 0 Å². The zero-order valence-electron chi connectivity index (χ0n) is 15.6. The van der Waals surface area contributed by atoms with Gasteiger partial charge in [0.1, 0.15) is 5.65 Å². The first kappa shape index (κ1) is 17.3. The van der Waals surface area contributed by atoms with Gasteiger partial charge in [-0.05, 0) is 30.5 Å². The maximum absolute atomic E-state index is 12.0. The maximum atomic E-state index is 12.0. The zero-order chi connectivity index (χ0) is 18.8. The molecule has 1 fully saturated rings. The van der Waals surface area contributed by atoms with Crippen LogP contribution in [0.15, 0.2) is 61.4 Å². The molecule has 2 aromatic heterocycles. The molecule has 0 radical (unpaired) electrons. The first-order valence-electron chi connectivity index (χ1n) is 9.34. The van der Waals surface area contributed by atoms with Gasteiger partial charge in [-0.1, -0.05) is 36.9 Å². The molecule has 1 aliphatic heterocycles. The number of hydrogen-bond acceptors (Lipinski definition) is 3. The van der Waals surface area contributed by atoms with Crippen LogP contribution in [-0.4, -0.2) is 47.0 Å². The molecule has 5 nitrogen and oxygen atoms in total. The number of carbonyl (C=O) groups excluding carboxylic acids is 1. The van der Waals surface area contributed by atoms with Crippen LogP contribution >= 0.6 is 0 Å². The monoisotopic (exact) mass is 360 g/mol. The molecular weight excluding hydrogens is 336 g/mol. The molecule has 1 amide bonds. The van der Waals surface area contributed by atoms with E-state index in [9.17, 15) is 4.79 Å². The van der Waals surface area contributed by atoms with E-state index in [1.807, 2.05) is 37.6 Å². The van der Waals surface area contributed by atoms with E-state index in [2.05, 4.69) is 39.6 Å². The number of nitrogens with zero attached hydrogens (tertiary/aromatic N) is 3. The lowest BCUT2D eigenvalue weighted by molar-refractivity contribution is -0.126. The average molecular weight is 360 g/mol. The number of fused-ring (bicyclic) bond motifs is 1. The van der Waals surface area contributed by atoms with Gasteiger partial charge in [0.05, 0.1) is 11.9 Å². The van der Waals surface area contributed by atoms with Crippen LogP contribution < -0.4 is 4.90 Å². The summed E-state index contributed by atoms with van der Waals surface area (Å²) in [4.78, 5) is 24.0. The fourth-order valence-electron chi connectivity index (χ4n) is 3.85. The molecule has 27 heavy (non-hydrogen) atoms. The number of H-pyrrole nitrogens is 1. The van der Waals surface area contributed by atoms with E-state index in [1.54, 1.807) is 4.90 Å². The Bertz CT molecular complexity index is 963. The van der Waals surface area contributed by atoms with Crippen LogP contribution in [0.4, 0.5) is 5.69 Å². The van der Waals surface area contributed by atoms with Crippen LogP contribution in [0.25, 0.3) is 22.2 Å². The van der Waals surface area contributed by atoms with Crippen molar-refractivity contribution in [2.45, 2.75) is 18.9 Å². The molecule has 1 aromatic carbocycles. The highest BCUT2D eigenvalue weighted by Gasteiger charge is 2.25. The highest BCUT2D eigenvalue weighted by atomic mass is 16.2. The minimum atomic E-state index is -0.0209. The van der Waals surface area contributed by atoms with Crippen molar-refractivity contribution in [2.75, 3.05) is 25.0 Å². The molecule has 0 aliphatic carbocycles. The molecule has 0 bridgehead atoms. The maximum Gasteiger partial charge on any atom is 0.246 e. The van der Waals surface area contributed by atoms with Crippen molar-refractivity contribution < 1.29 is 4.79 Å². The molecular formula is C22H24N4O. The zero-order valence-corrected chi connectivity index (χ0v) is 15.6. The number of carbonyl (C=O) groups is 1. The summed E-state index contributed by atoms with van der Waals surface area (Å²) in [5.41, 5.74) is 4.33. The van der Waals surface area contributed by atoms with Crippen LogP contribution in [0.2, 0.25) is 0 Å². The average Bonchev–Trinajstić information content (AvgIpc) is 3.16. The predicted octanol–water partition coefficient (Wildman–Crippen LogP) is 3.84. The second kappa shape index (κ2) is 7.27. The molecule has 138 valence electrons. The van der Waals surface area contributed by atoms with Gasteiger partial charge in [-0.15, -0.1) is 0 Å². The summed E-state index contributed by atoms with van der Waals surface area (Å²) in [6.45, 7) is 5.39. The molecule has 1 unspecified atom stereocenters. The van der Waals surface area contributed by atoms with E-state index in [1.165, 1.54) is 11.6 Å². The van der Waals surface area contributed by atoms with E-state index in [0.29, 0.717) is 0 Å². The molecule has 1 saturated heterocycles. The Morgan fingerprint density at radius 2 is 2.19 bits per heavy atom. The number of rotatable bonds is 4. The van der Waals surface area contributed by atoms with Crippen molar-refractivity contribution in [1.29, 1.82) is 0 Å². The van der Waals surface area contributed by atoms with Gasteiger partial charge in [0.2, 0.25) is 5.91 Å². The van der Waals surface area contributed by atoms with Crippen LogP contribution in [0.3, 0.4) is 0 Å². The Morgan fingerprint density at radius 3 is 2.96 bits per heavy atom. The van der Waals surface area contributed by atoms with E-state index in [4.69, 9.17) is 0 Å². The highest BCUT2D eigenvalue weighted by Crippen LogP contribution is 2.31. The molecule has 1 aliphatic rings. The number of pyridine rings is 1. The van der Waals surface area contributed by atoms with Crippen LogP contribution in [0, 0.1) is 0 Å². The van der Waals surface area contributed by atoms with E-state index < -0.39 is 0 Å². The topological polar surface area (TPSA) is 52.2 Å². The third-order valence-electron chi connectivity index (χ3n) is 5.43.